The standard InChI is InChI=1S/C24H28Cl2N2O5/c1-11-8-14(27)17(20(28-2)12-6-5-7-13(25)9-12)22(29)24(11)23(30)18-15(31-3)10-16(32-4)19(26)21(18)33-24/h5-7,9-11,14,17,20,22,28-29H,8,27H2,1-4H3/t11-,14?,17?,20?,22?,24+/m1/s1. The number of fused-ring (bicyclic) bond motifs is 1. The molecule has 4 N–H and O–H groups in total. The molecule has 0 radical (unpaired) electrons. The molecular weight excluding hydrogens is 467 g/mol. The summed E-state index contributed by atoms with van der Waals surface area (Å²) in [6, 6.07) is 8.13. The van der Waals surface area contributed by atoms with Crippen molar-refractivity contribution in [2.45, 2.75) is 37.1 Å². The molecule has 33 heavy (non-hydrogen) atoms. The van der Waals surface area contributed by atoms with Crippen LogP contribution in [0.2, 0.25) is 10.0 Å². The monoisotopic (exact) mass is 494 g/mol. The van der Waals surface area contributed by atoms with Gasteiger partial charge in [-0.15, -0.1) is 0 Å². The molecular formula is C24H28Cl2N2O5. The summed E-state index contributed by atoms with van der Waals surface area (Å²) in [5, 5.41) is 15.8. The van der Waals surface area contributed by atoms with Crippen molar-refractivity contribution >= 4 is 29.0 Å². The van der Waals surface area contributed by atoms with Crippen LogP contribution in [0, 0.1) is 11.8 Å². The van der Waals surface area contributed by atoms with E-state index in [1.54, 1.807) is 19.2 Å². The molecule has 0 amide bonds. The number of halogens is 2. The Morgan fingerprint density at radius 1 is 1.24 bits per heavy atom. The number of benzene rings is 2. The summed E-state index contributed by atoms with van der Waals surface area (Å²) >= 11 is 12.7. The van der Waals surface area contributed by atoms with Gasteiger partial charge in [0.25, 0.3) is 0 Å². The minimum absolute atomic E-state index is 0.154. The van der Waals surface area contributed by atoms with E-state index < -0.39 is 23.7 Å². The summed E-state index contributed by atoms with van der Waals surface area (Å²) in [4.78, 5) is 13.9. The van der Waals surface area contributed by atoms with Crippen LogP contribution >= 0.6 is 23.2 Å². The number of hydrogen-bond acceptors (Lipinski definition) is 7. The third kappa shape index (κ3) is 3.58. The lowest BCUT2D eigenvalue weighted by Gasteiger charge is -2.50. The third-order valence-corrected chi connectivity index (χ3v) is 7.60. The van der Waals surface area contributed by atoms with E-state index in [-0.39, 0.29) is 39.8 Å². The lowest BCUT2D eigenvalue weighted by molar-refractivity contribution is -0.118. The van der Waals surface area contributed by atoms with Crippen molar-refractivity contribution in [3.8, 4) is 17.2 Å². The van der Waals surface area contributed by atoms with Gasteiger partial charge in [-0.3, -0.25) is 4.79 Å². The van der Waals surface area contributed by atoms with Gasteiger partial charge in [0.2, 0.25) is 11.4 Å². The second-order valence-electron chi connectivity index (χ2n) is 8.67. The van der Waals surface area contributed by atoms with E-state index in [0.29, 0.717) is 17.2 Å². The van der Waals surface area contributed by atoms with Crippen molar-refractivity contribution in [3.63, 3.8) is 0 Å². The Morgan fingerprint density at radius 3 is 2.55 bits per heavy atom. The van der Waals surface area contributed by atoms with Crippen LogP contribution in [0.4, 0.5) is 0 Å². The van der Waals surface area contributed by atoms with Crippen molar-refractivity contribution < 1.29 is 24.1 Å². The first-order valence-electron chi connectivity index (χ1n) is 10.8. The highest BCUT2D eigenvalue weighted by Gasteiger charge is 2.64. The molecule has 0 aromatic heterocycles. The zero-order chi connectivity index (χ0) is 24.1. The van der Waals surface area contributed by atoms with Crippen LogP contribution in [-0.4, -0.2) is 49.9 Å². The maximum atomic E-state index is 13.9. The molecule has 1 spiro atoms. The van der Waals surface area contributed by atoms with Crippen molar-refractivity contribution in [3.05, 3.63) is 51.5 Å². The number of methoxy groups -OCH3 is 2. The number of ketones is 1. The number of carbonyl (C=O) groups is 1. The zero-order valence-electron chi connectivity index (χ0n) is 18.9. The van der Waals surface area contributed by atoms with Gasteiger partial charge in [-0.1, -0.05) is 42.3 Å². The molecule has 1 saturated carbocycles. The van der Waals surface area contributed by atoms with Crippen molar-refractivity contribution in [1.82, 2.24) is 5.32 Å². The molecule has 1 aliphatic heterocycles. The molecule has 7 nitrogen and oxygen atoms in total. The van der Waals surface area contributed by atoms with E-state index in [1.165, 1.54) is 14.2 Å². The van der Waals surface area contributed by atoms with Gasteiger partial charge in [0.05, 0.1) is 14.2 Å². The van der Waals surface area contributed by atoms with Crippen LogP contribution in [0.3, 0.4) is 0 Å². The molecule has 9 heteroatoms. The summed E-state index contributed by atoms with van der Waals surface area (Å²) in [6.45, 7) is 1.86. The fourth-order valence-corrected chi connectivity index (χ4v) is 5.86. The second kappa shape index (κ2) is 8.96. The Bertz CT molecular complexity index is 1080. The highest BCUT2D eigenvalue weighted by Crippen LogP contribution is 2.55. The van der Waals surface area contributed by atoms with Gasteiger partial charge >= 0.3 is 0 Å². The second-order valence-corrected chi connectivity index (χ2v) is 9.48. The topological polar surface area (TPSA) is 103 Å². The molecule has 2 aliphatic rings. The quantitative estimate of drug-likeness (QED) is 0.582. The van der Waals surface area contributed by atoms with Crippen LogP contribution in [0.5, 0.6) is 17.2 Å². The van der Waals surface area contributed by atoms with Crippen LogP contribution in [0.1, 0.15) is 35.3 Å². The summed E-state index contributed by atoms with van der Waals surface area (Å²) in [5.41, 5.74) is 6.06. The van der Waals surface area contributed by atoms with E-state index in [4.69, 9.17) is 43.1 Å². The van der Waals surface area contributed by atoms with Crippen LogP contribution < -0.4 is 25.3 Å². The van der Waals surface area contributed by atoms with E-state index in [1.807, 2.05) is 25.1 Å². The number of Topliss-reactive ketones (excluding diaryl/α,β-unsaturated/α-hetero) is 1. The van der Waals surface area contributed by atoms with Gasteiger partial charge in [-0.2, -0.15) is 0 Å². The van der Waals surface area contributed by atoms with E-state index in [2.05, 4.69) is 5.32 Å². The fourth-order valence-electron chi connectivity index (χ4n) is 5.40. The van der Waals surface area contributed by atoms with Crippen LogP contribution in [-0.2, 0) is 0 Å². The summed E-state index contributed by atoms with van der Waals surface area (Å²) < 4.78 is 17.1. The largest absolute Gasteiger partial charge is 0.496 e. The molecule has 1 fully saturated rings. The normalized spacial score (nSPS) is 29.5. The molecule has 0 bridgehead atoms. The summed E-state index contributed by atoms with van der Waals surface area (Å²) in [6.07, 6.45) is -0.781. The van der Waals surface area contributed by atoms with Gasteiger partial charge in [-0.25, -0.2) is 0 Å². The number of aliphatic hydroxyl groups excluding tert-OH is 1. The Balaban J connectivity index is 1.83. The van der Waals surface area contributed by atoms with Crippen molar-refractivity contribution in [2.75, 3.05) is 21.3 Å². The Labute approximate surface area is 203 Å². The van der Waals surface area contributed by atoms with Gasteiger partial charge in [0.1, 0.15) is 28.2 Å². The van der Waals surface area contributed by atoms with Crippen molar-refractivity contribution in [1.29, 1.82) is 0 Å². The van der Waals surface area contributed by atoms with Crippen LogP contribution in [0.15, 0.2) is 30.3 Å². The first kappa shape index (κ1) is 24.1. The molecule has 0 saturated heterocycles. The lowest BCUT2D eigenvalue weighted by Crippen LogP contribution is -2.67. The van der Waals surface area contributed by atoms with E-state index in [9.17, 15) is 9.90 Å². The van der Waals surface area contributed by atoms with Gasteiger partial charge < -0.3 is 30.4 Å². The first-order valence-corrected chi connectivity index (χ1v) is 11.5. The Hall–Kier alpha value is -2.03. The minimum Gasteiger partial charge on any atom is -0.496 e. The maximum Gasteiger partial charge on any atom is 0.216 e. The fraction of sp³-hybridized carbons (Fsp3) is 0.458. The molecule has 4 rings (SSSR count). The van der Waals surface area contributed by atoms with E-state index in [0.717, 1.165) is 5.56 Å². The summed E-state index contributed by atoms with van der Waals surface area (Å²) in [7, 11) is 4.71. The number of nitrogens with two attached hydrogens (primary N) is 1. The number of nitrogens with one attached hydrogen (secondary N) is 1. The number of hydrogen-bond donors (Lipinski definition) is 3. The molecule has 2 aromatic rings. The average Bonchev–Trinajstić information content (AvgIpc) is 3.11. The number of carbonyl (C=O) groups excluding carboxylic acids is 1. The van der Waals surface area contributed by atoms with Crippen molar-refractivity contribution in [2.24, 2.45) is 17.6 Å². The lowest BCUT2D eigenvalue weighted by atomic mass is 9.62. The smallest absolute Gasteiger partial charge is 0.216 e. The van der Waals surface area contributed by atoms with Crippen LogP contribution in [0.25, 0.3) is 0 Å². The molecule has 1 heterocycles. The van der Waals surface area contributed by atoms with Gasteiger partial charge in [-0.05, 0) is 31.2 Å². The molecule has 6 atom stereocenters. The molecule has 2 aromatic carbocycles. The zero-order valence-corrected chi connectivity index (χ0v) is 20.4. The number of ether oxygens (including phenoxy) is 3. The van der Waals surface area contributed by atoms with E-state index >= 15 is 0 Å². The Morgan fingerprint density at radius 2 is 1.94 bits per heavy atom. The maximum absolute atomic E-state index is 13.9. The SMILES string of the molecule is CNC(c1cccc(Cl)c1)C1C(N)C[C@@H](C)[C@]2(Oc3c(Cl)c(OC)cc(OC)c3C2=O)C1O. The summed E-state index contributed by atoms with van der Waals surface area (Å²) in [5.74, 6) is -0.565. The number of aliphatic hydroxyl groups is 1. The van der Waals surface area contributed by atoms with Gasteiger partial charge in [0, 0.05) is 35.0 Å². The predicted octanol–water partition coefficient (Wildman–Crippen LogP) is 3.63. The molecule has 1 aliphatic carbocycles. The third-order valence-electron chi connectivity index (χ3n) is 7.00. The molecule has 4 unspecified atom stereocenters. The number of rotatable bonds is 5. The van der Waals surface area contributed by atoms with Gasteiger partial charge in [0.15, 0.2) is 5.75 Å². The molecule has 178 valence electrons. The minimum atomic E-state index is -1.57. The highest BCUT2D eigenvalue weighted by atomic mass is 35.5. The average molecular weight is 495 g/mol. The first-order chi connectivity index (χ1) is 15.7. The predicted molar refractivity (Wildman–Crippen MR) is 127 cm³/mol. The Kier molecular flexibility index (Phi) is 6.55. The highest BCUT2D eigenvalue weighted by molar-refractivity contribution is 6.35.